The van der Waals surface area contributed by atoms with Gasteiger partial charge in [0.05, 0.1) is 24.7 Å². The number of hydrogen-bond donors (Lipinski definition) is 0. The summed E-state index contributed by atoms with van der Waals surface area (Å²) in [5.74, 6) is -0.948. The van der Waals surface area contributed by atoms with Gasteiger partial charge < -0.3 is 19.1 Å². The minimum absolute atomic E-state index is 0.0529. The molecule has 1 aliphatic carbocycles. The van der Waals surface area contributed by atoms with Gasteiger partial charge in [0.25, 0.3) is 11.8 Å². The number of fused-ring (bicyclic) bond motifs is 2. The van der Waals surface area contributed by atoms with E-state index in [1.54, 1.807) is 12.1 Å². The molecular formula is C34H36N5O5+. The maximum Gasteiger partial charge on any atom is 0.363 e. The molecule has 0 radical (unpaired) electrons. The predicted octanol–water partition coefficient (Wildman–Crippen LogP) is 2.89. The normalized spacial score (nSPS) is 18.5. The lowest BCUT2D eigenvalue weighted by Gasteiger charge is -2.34. The van der Waals surface area contributed by atoms with Crippen LogP contribution in [-0.4, -0.2) is 99.1 Å². The lowest BCUT2D eigenvalue weighted by Crippen LogP contribution is -2.46. The second-order valence-electron chi connectivity index (χ2n) is 12.0. The van der Waals surface area contributed by atoms with Crippen LogP contribution in [0.4, 0.5) is 5.69 Å². The number of likely N-dealkylation sites (N-methyl/N-ethyl adjacent to an activating group) is 2. The van der Waals surface area contributed by atoms with Crippen LogP contribution in [0.3, 0.4) is 0 Å². The van der Waals surface area contributed by atoms with Crippen LogP contribution >= 0.6 is 0 Å². The number of piperazine rings is 2. The highest BCUT2D eigenvalue weighted by atomic mass is 16.7. The molecule has 226 valence electrons. The molecule has 0 saturated carbocycles. The largest absolute Gasteiger partial charge is 0.456 e. The van der Waals surface area contributed by atoms with Crippen LogP contribution in [0, 0.1) is 0 Å². The minimum Gasteiger partial charge on any atom is -0.456 e. The number of carbonyl (C=O) groups is 3. The number of nitrogens with zero attached hydrogens (tertiary/aromatic N) is 5. The van der Waals surface area contributed by atoms with Gasteiger partial charge in [-0.1, -0.05) is 12.1 Å². The van der Waals surface area contributed by atoms with E-state index in [1.807, 2.05) is 12.1 Å². The lowest BCUT2D eigenvalue weighted by atomic mass is 9.93. The molecule has 3 saturated heterocycles. The van der Waals surface area contributed by atoms with Crippen LogP contribution < -0.4 is 14.8 Å². The first-order chi connectivity index (χ1) is 21.3. The van der Waals surface area contributed by atoms with Crippen molar-refractivity contribution in [3.63, 3.8) is 0 Å². The molecule has 2 aromatic carbocycles. The third-order valence-corrected chi connectivity index (χ3v) is 9.02. The highest BCUT2D eigenvalue weighted by Crippen LogP contribution is 2.41. The molecule has 0 spiro atoms. The molecule has 3 fully saturated rings. The number of amides is 2. The molecule has 5 aliphatic rings. The standard InChI is InChI=1S/C34H36N5O5/c1-35-13-17-37(18-14-35)25-7-9-27-29(21-25)43-30-22-26(38-19-15-36(2)16-20-38)8-10-28(30)33(27)23-3-5-24(6-4-23)34(42)44-39-31(40)11-12-32(39)41/h3-10,21-22H,11-20H2,1-2H3/q+1. The monoisotopic (exact) mass is 594 g/mol. The highest BCUT2D eigenvalue weighted by molar-refractivity contribution is 6.04. The van der Waals surface area contributed by atoms with Crippen LogP contribution in [0.25, 0.3) is 33.4 Å². The molecule has 2 amide bonds. The second-order valence-corrected chi connectivity index (χ2v) is 12.0. The quantitative estimate of drug-likeness (QED) is 0.203. The first-order valence-electron chi connectivity index (χ1n) is 15.2. The fraction of sp³-hybridized carbons (Fsp3) is 0.353. The summed E-state index contributed by atoms with van der Waals surface area (Å²) >= 11 is 0. The summed E-state index contributed by atoms with van der Waals surface area (Å²) in [6.07, 6.45) is 0.106. The van der Waals surface area contributed by atoms with E-state index >= 15 is 0 Å². The summed E-state index contributed by atoms with van der Waals surface area (Å²) in [6.45, 7) is 7.90. The number of imide groups is 1. The van der Waals surface area contributed by atoms with E-state index in [9.17, 15) is 14.4 Å². The van der Waals surface area contributed by atoms with E-state index < -0.39 is 17.8 Å². The minimum atomic E-state index is -0.744. The maximum atomic E-state index is 12.8. The molecule has 7 rings (SSSR count). The van der Waals surface area contributed by atoms with Crippen LogP contribution in [0.5, 0.6) is 0 Å². The molecule has 0 N–H and O–H groups in total. The van der Waals surface area contributed by atoms with E-state index in [0.29, 0.717) is 5.06 Å². The summed E-state index contributed by atoms with van der Waals surface area (Å²) in [5.41, 5.74) is 5.10. The Kier molecular flexibility index (Phi) is 7.39. The SMILES string of the molecule is CN1CCN(c2ccc3c(-c4ccc(C(=O)ON5C(=O)CCC5=O)cc4)c4ccc(=[N+]5CCN(C)CC5)cc-4oc3c2)CC1. The van der Waals surface area contributed by atoms with E-state index in [-0.39, 0.29) is 18.4 Å². The molecule has 44 heavy (non-hydrogen) atoms. The van der Waals surface area contributed by atoms with Gasteiger partial charge in [-0.15, -0.1) is 5.06 Å². The summed E-state index contributed by atoms with van der Waals surface area (Å²) in [5, 5.41) is 2.69. The Morgan fingerprint density at radius 1 is 0.795 bits per heavy atom. The van der Waals surface area contributed by atoms with Crippen molar-refractivity contribution < 1.29 is 23.6 Å². The lowest BCUT2D eigenvalue weighted by molar-refractivity contribution is -0.172. The summed E-state index contributed by atoms with van der Waals surface area (Å²) in [7, 11) is 4.31. The zero-order valence-electron chi connectivity index (χ0n) is 25.1. The van der Waals surface area contributed by atoms with Gasteiger partial charge in [0.2, 0.25) is 5.36 Å². The molecule has 0 bridgehead atoms. The molecule has 4 aliphatic heterocycles. The number of rotatable bonds is 4. The first kappa shape index (κ1) is 28.2. The van der Waals surface area contributed by atoms with E-state index in [1.165, 1.54) is 0 Å². The fourth-order valence-electron chi connectivity index (χ4n) is 6.27. The van der Waals surface area contributed by atoms with E-state index in [0.717, 1.165) is 96.8 Å². The van der Waals surface area contributed by atoms with Crippen molar-refractivity contribution in [3.05, 3.63) is 71.6 Å². The molecule has 0 unspecified atom stereocenters. The van der Waals surface area contributed by atoms with Crippen molar-refractivity contribution in [2.24, 2.45) is 0 Å². The van der Waals surface area contributed by atoms with Crippen LogP contribution in [0.15, 0.2) is 65.1 Å². The smallest absolute Gasteiger partial charge is 0.363 e. The molecule has 0 atom stereocenters. The van der Waals surface area contributed by atoms with Crippen molar-refractivity contribution in [1.29, 1.82) is 0 Å². The van der Waals surface area contributed by atoms with Crippen molar-refractivity contribution in [1.82, 2.24) is 19.4 Å². The fourth-order valence-corrected chi connectivity index (χ4v) is 6.27. The number of benzene rings is 3. The van der Waals surface area contributed by atoms with Gasteiger partial charge in [-0.25, -0.2) is 9.37 Å². The Labute approximate surface area is 255 Å². The average molecular weight is 595 g/mol. The molecule has 2 aromatic rings. The highest BCUT2D eigenvalue weighted by Gasteiger charge is 2.33. The van der Waals surface area contributed by atoms with Gasteiger partial charge in [0.15, 0.2) is 13.1 Å². The third kappa shape index (κ3) is 5.35. The Bertz CT molecular complexity index is 1780. The van der Waals surface area contributed by atoms with Crippen molar-refractivity contribution >= 4 is 34.4 Å². The van der Waals surface area contributed by atoms with Crippen LogP contribution in [0.2, 0.25) is 0 Å². The summed E-state index contributed by atoms with van der Waals surface area (Å²) in [4.78, 5) is 48.8. The molecular weight excluding hydrogens is 558 g/mol. The number of carbonyl (C=O) groups excluding carboxylic acids is 3. The van der Waals surface area contributed by atoms with Crippen molar-refractivity contribution in [2.75, 3.05) is 71.4 Å². The Morgan fingerprint density at radius 3 is 2.18 bits per heavy atom. The zero-order valence-corrected chi connectivity index (χ0v) is 25.1. The topological polar surface area (TPSA) is 89.5 Å². The molecule has 10 heteroatoms. The van der Waals surface area contributed by atoms with Crippen molar-refractivity contribution in [2.45, 2.75) is 12.8 Å². The molecule has 10 nitrogen and oxygen atoms in total. The zero-order chi connectivity index (χ0) is 30.4. The van der Waals surface area contributed by atoms with Gasteiger partial charge in [-0.2, -0.15) is 0 Å². The summed E-state index contributed by atoms with van der Waals surface area (Å²) in [6, 6.07) is 19.9. The van der Waals surface area contributed by atoms with Gasteiger partial charge in [0, 0.05) is 73.4 Å². The third-order valence-electron chi connectivity index (χ3n) is 9.02. The van der Waals surface area contributed by atoms with Gasteiger partial charge >= 0.3 is 5.97 Å². The van der Waals surface area contributed by atoms with Gasteiger partial charge in [-0.3, -0.25) is 14.5 Å². The average Bonchev–Trinajstić information content (AvgIpc) is 3.36. The van der Waals surface area contributed by atoms with Gasteiger partial charge in [0.1, 0.15) is 11.3 Å². The predicted molar refractivity (Wildman–Crippen MR) is 167 cm³/mol. The van der Waals surface area contributed by atoms with E-state index in [4.69, 9.17) is 9.25 Å². The number of hydrogen-bond acceptors (Lipinski definition) is 8. The first-order valence-corrected chi connectivity index (χ1v) is 15.2. The molecule has 4 heterocycles. The van der Waals surface area contributed by atoms with Gasteiger partial charge in [-0.05, 0) is 50.0 Å². The Balaban J connectivity index is 1.30. The maximum absolute atomic E-state index is 12.8. The Morgan fingerprint density at radius 2 is 1.48 bits per heavy atom. The van der Waals surface area contributed by atoms with Crippen molar-refractivity contribution in [3.8, 4) is 22.5 Å². The van der Waals surface area contributed by atoms with Crippen LogP contribution in [-0.2, 0) is 14.4 Å². The summed E-state index contributed by atoms with van der Waals surface area (Å²) < 4.78 is 9.05. The second kappa shape index (κ2) is 11.5. The number of hydroxylamine groups is 2. The number of anilines is 1. The van der Waals surface area contributed by atoms with E-state index in [2.05, 4.69) is 69.8 Å². The Hall–Kier alpha value is -4.54. The molecule has 0 aromatic heterocycles. The van der Waals surface area contributed by atoms with Crippen LogP contribution in [0.1, 0.15) is 23.2 Å².